The Morgan fingerprint density at radius 1 is 1.29 bits per heavy atom. The van der Waals surface area contributed by atoms with Gasteiger partial charge in [0, 0.05) is 15.6 Å². The van der Waals surface area contributed by atoms with Crippen molar-refractivity contribution in [2.75, 3.05) is 0 Å². The van der Waals surface area contributed by atoms with Crippen molar-refractivity contribution in [3.8, 4) is 0 Å². The van der Waals surface area contributed by atoms with Crippen LogP contribution in [0.1, 0.15) is 27.2 Å². The lowest BCUT2D eigenvalue weighted by atomic mass is 10.00. The van der Waals surface area contributed by atoms with Gasteiger partial charge in [0.15, 0.2) is 0 Å². The molecule has 0 atom stereocenters. The van der Waals surface area contributed by atoms with Gasteiger partial charge in [-0.1, -0.05) is 15.9 Å². The topological polar surface area (TPSA) is 50.2 Å². The van der Waals surface area contributed by atoms with E-state index in [1.165, 1.54) is 0 Å². The molecule has 0 bridgehead atoms. The second kappa shape index (κ2) is 4.11. The lowest BCUT2D eigenvalue weighted by molar-refractivity contribution is 0.0699. The Hall–Kier alpha value is -1.42. The fraction of sp³-hybridized carbons (Fsp3) is 0.231. The Morgan fingerprint density at radius 2 is 1.94 bits per heavy atom. The molecule has 1 heterocycles. The van der Waals surface area contributed by atoms with Crippen molar-refractivity contribution in [3.05, 3.63) is 39.0 Å². The first-order valence-corrected chi connectivity index (χ1v) is 6.01. The van der Waals surface area contributed by atoms with Crippen molar-refractivity contribution in [2.24, 2.45) is 0 Å². The summed E-state index contributed by atoms with van der Waals surface area (Å²) in [6.45, 7) is 5.64. The number of fused-ring (bicyclic) bond motifs is 1. The van der Waals surface area contributed by atoms with Gasteiger partial charge in [0.1, 0.15) is 0 Å². The molecule has 0 saturated carbocycles. The normalized spacial score (nSPS) is 10.8. The molecular weight excluding hydrogens is 282 g/mol. The monoisotopic (exact) mass is 293 g/mol. The molecule has 0 aliphatic heterocycles. The molecule has 0 fully saturated rings. The van der Waals surface area contributed by atoms with Gasteiger partial charge in [0.25, 0.3) is 0 Å². The van der Waals surface area contributed by atoms with Crippen LogP contribution in [0, 0.1) is 20.8 Å². The number of halogens is 1. The summed E-state index contributed by atoms with van der Waals surface area (Å²) in [4.78, 5) is 15.7. The molecule has 0 aliphatic carbocycles. The van der Waals surface area contributed by atoms with E-state index in [4.69, 9.17) is 0 Å². The number of pyridine rings is 1. The molecule has 1 aromatic carbocycles. The third-order valence-corrected chi connectivity index (χ3v) is 3.65. The zero-order valence-electron chi connectivity index (χ0n) is 9.84. The van der Waals surface area contributed by atoms with Gasteiger partial charge in [-0.15, -0.1) is 0 Å². The van der Waals surface area contributed by atoms with Gasteiger partial charge in [-0.25, -0.2) is 4.79 Å². The fourth-order valence-electron chi connectivity index (χ4n) is 1.99. The summed E-state index contributed by atoms with van der Waals surface area (Å²) in [5, 5.41) is 9.99. The van der Waals surface area contributed by atoms with E-state index in [0.717, 1.165) is 32.2 Å². The third-order valence-electron chi connectivity index (χ3n) is 2.83. The van der Waals surface area contributed by atoms with Crippen molar-refractivity contribution in [1.29, 1.82) is 0 Å². The molecule has 0 amide bonds. The predicted octanol–water partition coefficient (Wildman–Crippen LogP) is 3.62. The number of aromatic carboxylic acids is 1. The molecule has 88 valence electrons. The maximum absolute atomic E-state index is 11.3. The highest BCUT2D eigenvalue weighted by atomic mass is 79.9. The minimum atomic E-state index is -0.916. The van der Waals surface area contributed by atoms with Crippen LogP contribution in [0.5, 0.6) is 0 Å². The first kappa shape index (κ1) is 12.0. The highest BCUT2D eigenvalue weighted by molar-refractivity contribution is 9.10. The van der Waals surface area contributed by atoms with E-state index in [9.17, 15) is 9.90 Å². The number of rotatable bonds is 1. The second-order valence-corrected chi connectivity index (χ2v) is 4.99. The Kier molecular flexibility index (Phi) is 2.91. The molecule has 17 heavy (non-hydrogen) atoms. The number of aromatic nitrogens is 1. The lowest BCUT2D eigenvalue weighted by Gasteiger charge is -2.11. The van der Waals surface area contributed by atoms with Crippen LogP contribution in [-0.2, 0) is 0 Å². The lowest BCUT2D eigenvalue weighted by Crippen LogP contribution is -2.03. The van der Waals surface area contributed by atoms with Crippen LogP contribution in [0.25, 0.3) is 10.9 Å². The predicted molar refractivity (Wildman–Crippen MR) is 70.6 cm³/mol. The number of carboxylic acids is 1. The van der Waals surface area contributed by atoms with Crippen LogP contribution >= 0.6 is 15.9 Å². The largest absolute Gasteiger partial charge is 0.478 e. The van der Waals surface area contributed by atoms with E-state index < -0.39 is 5.97 Å². The van der Waals surface area contributed by atoms with Crippen LogP contribution in [0.15, 0.2) is 16.6 Å². The molecule has 0 aliphatic rings. The second-order valence-electron chi connectivity index (χ2n) is 4.14. The van der Waals surface area contributed by atoms with Gasteiger partial charge in [-0.05, 0) is 44.0 Å². The first-order chi connectivity index (χ1) is 7.91. The number of hydrogen-bond donors (Lipinski definition) is 1. The summed E-state index contributed by atoms with van der Waals surface area (Å²) in [6.07, 6.45) is 0. The van der Waals surface area contributed by atoms with Crippen molar-refractivity contribution in [2.45, 2.75) is 20.8 Å². The number of carbonyl (C=O) groups is 1. The van der Waals surface area contributed by atoms with Crippen LogP contribution in [0.4, 0.5) is 0 Å². The van der Waals surface area contributed by atoms with Gasteiger partial charge < -0.3 is 5.11 Å². The van der Waals surface area contributed by atoms with E-state index in [1.54, 1.807) is 6.07 Å². The minimum absolute atomic E-state index is 0.314. The van der Waals surface area contributed by atoms with Gasteiger partial charge >= 0.3 is 5.97 Å². The minimum Gasteiger partial charge on any atom is -0.478 e. The summed E-state index contributed by atoms with van der Waals surface area (Å²) in [7, 11) is 0. The smallest absolute Gasteiger partial charge is 0.336 e. The summed E-state index contributed by atoms with van der Waals surface area (Å²) in [6, 6.07) is 3.58. The van der Waals surface area contributed by atoms with E-state index in [2.05, 4.69) is 20.9 Å². The molecule has 0 radical (unpaired) electrons. The molecule has 0 unspecified atom stereocenters. The van der Waals surface area contributed by atoms with Gasteiger partial charge in [0.2, 0.25) is 0 Å². The fourth-order valence-corrected chi connectivity index (χ4v) is 2.53. The number of nitrogens with zero attached hydrogens (tertiary/aromatic N) is 1. The molecular formula is C13H12BrNO2. The van der Waals surface area contributed by atoms with Crippen LogP contribution < -0.4 is 0 Å². The Morgan fingerprint density at radius 3 is 2.53 bits per heavy atom. The van der Waals surface area contributed by atoms with E-state index in [-0.39, 0.29) is 0 Å². The van der Waals surface area contributed by atoms with E-state index in [1.807, 2.05) is 26.8 Å². The molecule has 1 aromatic heterocycles. The number of benzene rings is 1. The van der Waals surface area contributed by atoms with Gasteiger partial charge in [-0.2, -0.15) is 0 Å². The van der Waals surface area contributed by atoms with Crippen molar-refractivity contribution >= 4 is 32.8 Å². The maximum atomic E-state index is 11.3. The van der Waals surface area contributed by atoms with E-state index in [0.29, 0.717) is 5.56 Å². The summed E-state index contributed by atoms with van der Waals surface area (Å²) in [5.74, 6) is -0.916. The van der Waals surface area contributed by atoms with Crippen LogP contribution in [-0.4, -0.2) is 16.1 Å². The highest BCUT2D eigenvalue weighted by Gasteiger charge is 2.15. The molecule has 0 saturated heterocycles. The van der Waals surface area contributed by atoms with Crippen molar-refractivity contribution < 1.29 is 9.90 Å². The van der Waals surface area contributed by atoms with Gasteiger partial charge in [-0.3, -0.25) is 4.98 Å². The average molecular weight is 294 g/mol. The average Bonchev–Trinajstić information content (AvgIpc) is 2.25. The maximum Gasteiger partial charge on any atom is 0.336 e. The number of hydrogen-bond acceptors (Lipinski definition) is 2. The summed E-state index contributed by atoms with van der Waals surface area (Å²) >= 11 is 3.45. The van der Waals surface area contributed by atoms with E-state index >= 15 is 0 Å². The molecule has 0 spiro atoms. The van der Waals surface area contributed by atoms with Crippen molar-refractivity contribution in [1.82, 2.24) is 4.98 Å². The van der Waals surface area contributed by atoms with Crippen molar-refractivity contribution in [3.63, 3.8) is 0 Å². The quantitative estimate of drug-likeness (QED) is 0.874. The highest BCUT2D eigenvalue weighted by Crippen LogP contribution is 2.30. The van der Waals surface area contributed by atoms with Gasteiger partial charge in [0.05, 0.1) is 11.1 Å². The molecule has 1 N–H and O–H groups in total. The number of carboxylic acid groups (broad SMARTS) is 1. The Bertz CT molecular complexity index is 635. The Labute approximate surface area is 108 Å². The third kappa shape index (κ3) is 1.93. The van der Waals surface area contributed by atoms with Crippen LogP contribution in [0.2, 0.25) is 0 Å². The molecule has 2 rings (SSSR count). The summed E-state index contributed by atoms with van der Waals surface area (Å²) < 4.78 is 0.913. The Balaban J connectivity index is 3.05. The standard InChI is InChI=1S/C13H12BrNO2/c1-6-4-10(14)8(3)11-9(13(16)17)5-7(2)15-12(6)11/h4-5H,1-3H3,(H,16,17). The van der Waals surface area contributed by atoms with Crippen LogP contribution in [0.3, 0.4) is 0 Å². The molecule has 2 aromatic rings. The first-order valence-electron chi connectivity index (χ1n) is 5.22. The number of aryl methyl sites for hydroxylation is 3. The zero-order chi connectivity index (χ0) is 12.7. The molecule has 4 heteroatoms. The summed E-state index contributed by atoms with van der Waals surface area (Å²) in [5.41, 5.74) is 3.69. The SMILES string of the molecule is Cc1cc(C(=O)O)c2c(C)c(Br)cc(C)c2n1. The zero-order valence-corrected chi connectivity index (χ0v) is 11.4. The molecule has 3 nitrogen and oxygen atoms in total.